The Labute approximate surface area is 142 Å². The summed E-state index contributed by atoms with van der Waals surface area (Å²) in [6.07, 6.45) is 8.34. The Morgan fingerprint density at radius 1 is 1.09 bits per heavy atom. The SMILES string of the molecule is CCCCCCCC[C@H](F)c1cn(CSc2ccccc2)nn1. The third-order valence-electron chi connectivity index (χ3n) is 3.80. The van der Waals surface area contributed by atoms with Crippen LogP contribution in [0.25, 0.3) is 0 Å². The second-order valence-electron chi connectivity index (χ2n) is 5.79. The van der Waals surface area contributed by atoms with Gasteiger partial charge >= 0.3 is 0 Å². The lowest BCUT2D eigenvalue weighted by Gasteiger charge is -2.04. The van der Waals surface area contributed by atoms with Crippen LogP contribution in [0.3, 0.4) is 0 Å². The minimum atomic E-state index is -0.989. The molecule has 0 aliphatic carbocycles. The smallest absolute Gasteiger partial charge is 0.145 e. The van der Waals surface area contributed by atoms with E-state index in [-0.39, 0.29) is 0 Å². The summed E-state index contributed by atoms with van der Waals surface area (Å²) < 4.78 is 15.9. The summed E-state index contributed by atoms with van der Waals surface area (Å²) >= 11 is 1.67. The molecule has 1 heterocycles. The first kappa shape index (κ1) is 18.0. The highest BCUT2D eigenvalue weighted by atomic mass is 32.2. The number of benzene rings is 1. The Morgan fingerprint density at radius 2 is 1.83 bits per heavy atom. The first-order chi connectivity index (χ1) is 11.3. The van der Waals surface area contributed by atoms with E-state index in [1.165, 1.54) is 30.6 Å². The van der Waals surface area contributed by atoms with Crippen LogP contribution in [-0.2, 0) is 5.88 Å². The van der Waals surface area contributed by atoms with E-state index in [1.807, 2.05) is 18.2 Å². The standard InChI is InChI=1S/C18H26FN3S/c1-2-3-4-5-6-10-13-17(19)18-14-22(21-20-18)15-23-16-11-8-7-9-12-16/h7-9,11-12,14,17H,2-6,10,13,15H2,1H3/t17-/m0/s1. The van der Waals surface area contributed by atoms with E-state index < -0.39 is 6.17 Å². The molecule has 23 heavy (non-hydrogen) atoms. The summed E-state index contributed by atoms with van der Waals surface area (Å²) in [6.45, 7) is 2.21. The molecule has 0 spiro atoms. The third kappa shape index (κ3) is 6.73. The summed E-state index contributed by atoms with van der Waals surface area (Å²) in [4.78, 5) is 1.17. The molecule has 0 aliphatic rings. The minimum Gasteiger partial charge on any atom is -0.242 e. The van der Waals surface area contributed by atoms with Crippen LogP contribution in [0.4, 0.5) is 4.39 Å². The predicted octanol–water partition coefficient (Wildman–Crippen LogP) is 5.79. The van der Waals surface area contributed by atoms with Gasteiger partial charge in [0.25, 0.3) is 0 Å². The van der Waals surface area contributed by atoms with Crippen molar-refractivity contribution >= 4 is 11.8 Å². The van der Waals surface area contributed by atoms with Crippen LogP contribution in [0.1, 0.15) is 63.7 Å². The minimum absolute atomic E-state index is 0.465. The molecular weight excluding hydrogens is 309 g/mol. The average Bonchev–Trinajstić information content (AvgIpc) is 3.06. The van der Waals surface area contributed by atoms with E-state index in [0.29, 0.717) is 18.0 Å². The lowest BCUT2D eigenvalue weighted by Crippen LogP contribution is -1.94. The molecule has 0 aliphatic heterocycles. The molecule has 0 N–H and O–H groups in total. The molecule has 126 valence electrons. The fraction of sp³-hybridized carbons (Fsp3) is 0.556. The van der Waals surface area contributed by atoms with Crippen LogP contribution in [0.2, 0.25) is 0 Å². The van der Waals surface area contributed by atoms with Gasteiger partial charge in [-0.05, 0) is 18.6 Å². The van der Waals surface area contributed by atoms with Gasteiger partial charge in [0.2, 0.25) is 0 Å². The second-order valence-corrected chi connectivity index (χ2v) is 6.81. The molecule has 2 aromatic rings. The van der Waals surface area contributed by atoms with E-state index >= 15 is 0 Å². The molecule has 0 saturated heterocycles. The van der Waals surface area contributed by atoms with E-state index in [4.69, 9.17) is 0 Å². The van der Waals surface area contributed by atoms with Crippen molar-refractivity contribution in [2.75, 3.05) is 0 Å². The predicted molar refractivity (Wildman–Crippen MR) is 94.2 cm³/mol. The number of unbranched alkanes of at least 4 members (excludes halogenated alkanes) is 5. The number of alkyl halides is 1. The highest BCUT2D eigenvalue weighted by Gasteiger charge is 2.13. The summed E-state index contributed by atoms with van der Waals surface area (Å²) in [7, 11) is 0. The first-order valence-electron chi connectivity index (χ1n) is 8.51. The number of hydrogen-bond acceptors (Lipinski definition) is 3. The summed E-state index contributed by atoms with van der Waals surface area (Å²) in [5, 5.41) is 8.01. The van der Waals surface area contributed by atoms with Crippen LogP contribution in [-0.4, -0.2) is 15.0 Å². The van der Waals surface area contributed by atoms with Crippen LogP contribution < -0.4 is 0 Å². The topological polar surface area (TPSA) is 30.7 Å². The molecule has 0 saturated carbocycles. The monoisotopic (exact) mass is 335 g/mol. The van der Waals surface area contributed by atoms with Gasteiger partial charge in [0.05, 0.1) is 12.1 Å². The molecule has 0 fully saturated rings. The molecule has 0 unspecified atom stereocenters. The Balaban J connectivity index is 1.68. The van der Waals surface area contributed by atoms with Gasteiger partial charge in [0.15, 0.2) is 0 Å². The van der Waals surface area contributed by atoms with Crippen molar-refractivity contribution in [1.29, 1.82) is 0 Å². The number of aromatic nitrogens is 3. The zero-order chi connectivity index (χ0) is 16.3. The average molecular weight is 335 g/mol. The van der Waals surface area contributed by atoms with Crippen LogP contribution >= 0.6 is 11.8 Å². The van der Waals surface area contributed by atoms with E-state index in [9.17, 15) is 4.39 Å². The highest BCUT2D eigenvalue weighted by molar-refractivity contribution is 7.98. The van der Waals surface area contributed by atoms with Crippen LogP contribution in [0.5, 0.6) is 0 Å². The number of nitrogens with zero attached hydrogens (tertiary/aromatic N) is 3. The molecule has 0 bridgehead atoms. The van der Waals surface area contributed by atoms with E-state index in [2.05, 4.69) is 29.4 Å². The molecule has 0 amide bonds. The van der Waals surface area contributed by atoms with Gasteiger partial charge in [-0.25, -0.2) is 9.07 Å². The molecule has 1 atom stereocenters. The van der Waals surface area contributed by atoms with Crippen LogP contribution in [0.15, 0.2) is 41.4 Å². The second kappa shape index (κ2) is 10.4. The maximum atomic E-state index is 14.2. The maximum absolute atomic E-state index is 14.2. The van der Waals surface area contributed by atoms with E-state index in [0.717, 1.165) is 12.8 Å². The van der Waals surface area contributed by atoms with Crippen LogP contribution in [0, 0.1) is 0 Å². The summed E-state index contributed by atoms with van der Waals surface area (Å²) in [6, 6.07) is 10.1. The van der Waals surface area contributed by atoms with Gasteiger partial charge < -0.3 is 0 Å². The number of halogens is 1. The van der Waals surface area contributed by atoms with Gasteiger partial charge in [0, 0.05) is 4.90 Å². The summed E-state index contributed by atoms with van der Waals surface area (Å²) in [5.74, 6) is 0.654. The van der Waals surface area contributed by atoms with Crippen molar-refractivity contribution in [3.8, 4) is 0 Å². The molecule has 1 aromatic heterocycles. The number of hydrogen-bond donors (Lipinski definition) is 0. The van der Waals surface area contributed by atoms with Gasteiger partial charge in [-0.3, -0.25) is 0 Å². The number of thioether (sulfide) groups is 1. The van der Waals surface area contributed by atoms with Crippen molar-refractivity contribution < 1.29 is 4.39 Å². The van der Waals surface area contributed by atoms with Crippen molar-refractivity contribution in [3.63, 3.8) is 0 Å². The Bertz CT molecular complexity index is 544. The van der Waals surface area contributed by atoms with Crippen molar-refractivity contribution in [3.05, 3.63) is 42.2 Å². The normalized spacial score (nSPS) is 12.4. The zero-order valence-corrected chi connectivity index (χ0v) is 14.6. The molecular formula is C18H26FN3S. The highest BCUT2D eigenvalue weighted by Crippen LogP contribution is 2.23. The third-order valence-corrected chi connectivity index (χ3v) is 4.79. The first-order valence-corrected chi connectivity index (χ1v) is 9.50. The fourth-order valence-corrected chi connectivity index (χ4v) is 3.19. The Kier molecular flexibility index (Phi) is 8.15. The van der Waals surface area contributed by atoms with Crippen molar-refractivity contribution in [2.24, 2.45) is 0 Å². The zero-order valence-electron chi connectivity index (χ0n) is 13.8. The molecule has 2 rings (SSSR count). The fourth-order valence-electron chi connectivity index (χ4n) is 2.43. The molecule has 3 nitrogen and oxygen atoms in total. The Hall–Kier alpha value is -1.36. The van der Waals surface area contributed by atoms with Gasteiger partial charge in [-0.1, -0.05) is 68.9 Å². The molecule has 5 heteroatoms. The quantitative estimate of drug-likeness (QED) is 0.385. The lowest BCUT2D eigenvalue weighted by atomic mass is 10.1. The Morgan fingerprint density at radius 3 is 2.61 bits per heavy atom. The van der Waals surface area contributed by atoms with Gasteiger partial charge in [-0.2, -0.15) is 0 Å². The van der Waals surface area contributed by atoms with Gasteiger partial charge in [-0.15, -0.1) is 16.9 Å². The van der Waals surface area contributed by atoms with Crippen molar-refractivity contribution in [2.45, 2.75) is 68.8 Å². The lowest BCUT2D eigenvalue weighted by molar-refractivity contribution is 0.305. The van der Waals surface area contributed by atoms with E-state index in [1.54, 1.807) is 22.6 Å². The summed E-state index contributed by atoms with van der Waals surface area (Å²) in [5.41, 5.74) is 0.465. The van der Waals surface area contributed by atoms with Gasteiger partial charge in [0.1, 0.15) is 11.9 Å². The largest absolute Gasteiger partial charge is 0.242 e. The molecule has 1 aromatic carbocycles. The number of rotatable bonds is 11. The maximum Gasteiger partial charge on any atom is 0.145 e. The van der Waals surface area contributed by atoms with Crippen molar-refractivity contribution in [1.82, 2.24) is 15.0 Å². The molecule has 0 radical (unpaired) electrons.